The Morgan fingerprint density at radius 1 is 1.17 bits per heavy atom. The second-order valence-corrected chi connectivity index (χ2v) is 4.75. The summed E-state index contributed by atoms with van der Waals surface area (Å²) >= 11 is 0. The molecule has 2 spiro atoms. The highest BCUT2D eigenvalue weighted by Gasteiger charge is 2.61. The van der Waals surface area contributed by atoms with Gasteiger partial charge in [0.25, 0.3) is 0 Å². The largest absolute Gasteiger partial charge is 0.348 e. The van der Waals surface area contributed by atoms with Gasteiger partial charge in [-0.05, 0) is 24.2 Å². The molecule has 0 aromatic heterocycles. The molecule has 2 nitrogen and oxygen atoms in total. The van der Waals surface area contributed by atoms with Crippen molar-refractivity contribution in [2.24, 2.45) is 11.3 Å². The molecule has 0 N–H and O–H groups in total. The summed E-state index contributed by atoms with van der Waals surface area (Å²) in [6.07, 6.45) is 5.04. The smallest absolute Gasteiger partial charge is 0.169 e. The van der Waals surface area contributed by atoms with Crippen molar-refractivity contribution in [3.63, 3.8) is 0 Å². The fourth-order valence-corrected chi connectivity index (χ4v) is 3.04. The lowest BCUT2D eigenvalue weighted by Crippen LogP contribution is -2.26. The van der Waals surface area contributed by atoms with E-state index >= 15 is 0 Å². The lowest BCUT2D eigenvalue weighted by Gasteiger charge is -2.21. The van der Waals surface area contributed by atoms with Gasteiger partial charge in [0.05, 0.1) is 13.2 Å². The molecule has 0 aromatic carbocycles. The third kappa shape index (κ3) is 0.826. The van der Waals surface area contributed by atoms with Gasteiger partial charge in [0.2, 0.25) is 0 Å². The molecule has 2 atom stereocenters. The van der Waals surface area contributed by atoms with Crippen molar-refractivity contribution in [3.8, 4) is 0 Å². The Hall–Kier alpha value is -0.0800. The lowest BCUT2D eigenvalue weighted by atomic mass is 10.0. The molecule has 0 bridgehead atoms. The van der Waals surface area contributed by atoms with E-state index in [1.807, 2.05) is 0 Å². The van der Waals surface area contributed by atoms with Crippen molar-refractivity contribution in [3.05, 3.63) is 0 Å². The second-order valence-electron chi connectivity index (χ2n) is 4.75. The first kappa shape index (κ1) is 7.34. The number of ether oxygens (including phenoxy) is 2. The second kappa shape index (κ2) is 2.05. The van der Waals surface area contributed by atoms with Crippen LogP contribution in [0.4, 0.5) is 0 Å². The van der Waals surface area contributed by atoms with Gasteiger partial charge in [-0.25, -0.2) is 0 Å². The van der Waals surface area contributed by atoms with Crippen molar-refractivity contribution in [1.82, 2.24) is 0 Å². The van der Waals surface area contributed by atoms with Gasteiger partial charge in [-0.15, -0.1) is 0 Å². The summed E-state index contributed by atoms with van der Waals surface area (Å²) in [5, 5.41) is 0. The molecule has 3 fully saturated rings. The Bertz CT molecular complexity index is 208. The Morgan fingerprint density at radius 2 is 1.83 bits per heavy atom. The summed E-state index contributed by atoms with van der Waals surface area (Å²) in [5.41, 5.74) is 0.629. The highest BCUT2D eigenvalue weighted by Crippen LogP contribution is 2.66. The molecule has 3 rings (SSSR count). The van der Waals surface area contributed by atoms with E-state index in [0.717, 1.165) is 25.6 Å². The molecule has 12 heavy (non-hydrogen) atoms. The minimum absolute atomic E-state index is 0.134. The first-order chi connectivity index (χ1) is 5.75. The molecule has 2 unspecified atom stereocenters. The Balaban J connectivity index is 1.78. The summed E-state index contributed by atoms with van der Waals surface area (Å²) in [6.45, 7) is 3.98. The minimum Gasteiger partial charge on any atom is -0.348 e. The van der Waals surface area contributed by atoms with Crippen LogP contribution in [0.3, 0.4) is 0 Å². The van der Waals surface area contributed by atoms with Crippen LogP contribution in [0.25, 0.3) is 0 Å². The van der Waals surface area contributed by atoms with Gasteiger partial charge in [-0.3, -0.25) is 0 Å². The third-order valence-electron chi connectivity index (χ3n) is 4.04. The first-order valence-electron chi connectivity index (χ1n) is 5.03. The number of rotatable bonds is 0. The van der Waals surface area contributed by atoms with Crippen LogP contribution in [0, 0.1) is 11.3 Å². The molecular weight excluding hydrogens is 152 g/mol. The molecule has 1 heterocycles. The molecule has 68 valence electrons. The maximum Gasteiger partial charge on any atom is 0.169 e. The van der Waals surface area contributed by atoms with E-state index in [9.17, 15) is 0 Å². The predicted molar refractivity (Wildman–Crippen MR) is 44.7 cm³/mol. The lowest BCUT2D eigenvalue weighted by molar-refractivity contribution is -0.153. The van der Waals surface area contributed by atoms with Crippen molar-refractivity contribution in [1.29, 1.82) is 0 Å². The van der Waals surface area contributed by atoms with E-state index in [1.54, 1.807) is 0 Å². The quantitative estimate of drug-likeness (QED) is 0.550. The SMILES string of the molecule is CC1CC12CCC1(C2)OCCO1. The monoisotopic (exact) mass is 168 g/mol. The Labute approximate surface area is 73.2 Å². The Morgan fingerprint density at radius 3 is 2.33 bits per heavy atom. The summed E-state index contributed by atoms with van der Waals surface area (Å²) in [4.78, 5) is 0. The van der Waals surface area contributed by atoms with E-state index in [4.69, 9.17) is 9.47 Å². The maximum absolute atomic E-state index is 5.70. The molecule has 0 aromatic rings. The molecular formula is C10H16O2. The van der Waals surface area contributed by atoms with Gasteiger partial charge in [0.15, 0.2) is 5.79 Å². The summed E-state index contributed by atoms with van der Waals surface area (Å²) in [5.74, 6) is 0.787. The fourth-order valence-electron chi connectivity index (χ4n) is 3.04. The van der Waals surface area contributed by atoms with Gasteiger partial charge >= 0.3 is 0 Å². The molecule has 3 aliphatic rings. The average molecular weight is 168 g/mol. The molecule has 1 saturated heterocycles. The van der Waals surface area contributed by atoms with Gasteiger partial charge in [0.1, 0.15) is 0 Å². The van der Waals surface area contributed by atoms with Crippen LogP contribution in [0.15, 0.2) is 0 Å². The number of hydrogen-bond acceptors (Lipinski definition) is 2. The summed E-state index contributed by atoms with van der Waals surface area (Å²) < 4.78 is 11.4. The van der Waals surface area contributed by atoms with Crippen LogP contribution in [-0.4, -0.2) is 19.0 Å². The molecule has 0 amide bonds. The van der Waals surface area contributed by atoms with Crippen molar-refractivity contribution >= 4 is 0 Å². The molecule has 1 aliphatic heterocycles. The van der Waals surface area contributed by atoms with Crippen LogP contribution in [0.5, 0.6) is 0 Å². The van der Waals surface area contributed by atoms with E-state index in [-0.39, 0.29) is 5.79 Å². The minimum atomic E-state index is -0.134. The maximum atomic E-state index is 5.70. The van der Waals surface area contributed by atoms with Gasteiger partial charge in [-0.2, -0.15) is 0 Å². The van der Waals surface area contributed by atoms with E-state index < -0.39 is 0 Å². The molecule has 0 radical (unpaired) electrons. The van der Waals surface area contributed by atoms with Crippen molar-refractivity contribution < 1.29 is 9.47 Å². The van der Waals surface area contributed by atoms with Crippen LogP contribution >= 0.6 is 0 Å². The molecule has 2 heteroatoms. The van der Waals surface area contributed by atoms with Crippen LogP contribution < -0.4 is 0 Å². The topological polar surface area (TPSA) is 18.5 Å². The van der Waals surface area contributed by atoms with E-state index in [1.165, 1.54) is 19.3 Å². The van der Waals surface area contributed by atoms with Gasteiger partial charge in [0, 0.05) is 12.8 Å². The first-order valence-corrected chi connectivity index (χ1v) is 5.03. The van der Waals surface area contributed by atoms with Crippen molar-refractivity contribution in [2.45, 2.75) is 38.4 Å². The molecule has 2 saturated carbocycles. The van der Waals surface area contributed by atoms with Crippen LogP contribution in [0.1, 0.15) is 32.6 Å². The third-order valence-corrected chi connectivity index (χ3v) is 4.04. The van der Waals surface area contributed by atoms with E-state index in [0.29, 0.717) is 5.41 Å². The summed E-state index contributed by atoms with van der Waals surface area (Å²) in [7, 11) is 0. The number of hydrogen-bond donors (Lipinski definition) is 0. The standard InChI is InChI=1S/C10H16O2/c1-8-6-9(8)2-3-10(7-9)11-4-5-12-10/h8H,2-7H2,1H3. The Kier molecular flexibility index (Phi) is 1.25. The average Bonchev–Trinajstić information content (AvgIpc) is 2.55. The predicted octanol–water partition coefficient (Wildman–Crippen LogP) is 1.94. The van der Waals surface area contributed by atoms with E-state index in [2.05, 4.69) is 6.92 Å². The fraction of sp³-hybridized carbons (Fsp3) is 1.00. The molecule has 2 aliphatic carbocycles. The van der Waals surface area contributed by atoms with Gasteiger partial charge in [-0.1, -0.05) is 6.92 Å². The summed E-state index contributed by atoms with van der Waals surface area (Å²) in [6, 6.07) is 0. The highest BCUT2D eigenvalue weighted by molar-refractivity contribution is 5.08. The zero-order valence-corrected chi connectivity index (χ0v) is 7.64. The van der Waals surface area contributed by atoms with Crippen molar-refractivity contribution in [2.75, 3.05) is 13.2 Å². The van der Waals surface area contributed by atoms with Crippen LogP contribution in [0.2, 0.25) is 0 Å². The van der Waals surface area contributed by atoms with Crippen LogP contribution in [-0.2, 0) is 9.47 Å². The zero-order chi connectivity index (χ0) is 8.23. The highest BCUT2D eigenvalue weighted by atomic mass is 16.7. The van der Waals surface area contributed by atoms with Gasteiger partial charge < -0.3 is 9.47 Å². The zero-order valence-electron chi connectivity index (χ0n) is 7.64. The normalized spacial score (nSPS) is 49.2.